The van der Waals surface area contributed by atoms with E-state index in [0.29, 0.717) is 11.4 Å². The van der Waals surface area contributed by atoms with E-state index in [2.05, 4.69) is 20.8 Å². The summed E-state index contributed by atoms with van der Waals surface area (Å²) in [5.41, 5.74) is 0.865. The minimum Gasteiger partial charge on any atom is -0.340 e. The zero-order chi connectivity index (χ0) is 24.2. The van der Waals surface area contributed by atoms with E-state index in [0.717, 1.165) is 38.1 Å². The summed E-state index contributed by atoms with van der Waals surface area (Å²) in [6, 6.07) is 8.53. The predicted molar refractivity (Wildman–Crippen MR) is 124 cm³/mol. The van der Waals surface area contributed by atoms with E-state index in [-0.39, 0.29) is 17.2 Å². The Bertz CT molecular complexity index is 1190. The van der Waals surface area contributed by atoms with Crippen LogP contribution in [0.5, 0.6) is 0 Å². The number of hydrogen-bond acceptors (Lipinski definition) is 4. The Kier molecular flexibility index (Phi) is 7.00. The van der Waals surface area contributed by atoms with Crippen LogP contribution in [0.3, 0.4) is 0 Å². The Morgan fingerprint density at radius 1 is 1.00 bits per heavy atom. The van der Waals surface area contributed by atoms with Crippen molar-refractivity contribution in [1.29, 1.82) is 0 Å². The first-order chi connectivity index (χ1) is 16.3. The fraction of sp³-hybridized carbons (Fsp3) is 0.360. The molecule has 2 amide bonds. The van der Waals surface area contributed by atoms with Crippen molar-refractivity contribution in [3.63, 3.8) is 0 Å². The van der Waals surface area contributed by atoms with E-state index in [1.807, 2.05) is 4.57 Å². The Hall–Kier alpha value is -3.62. The Morgan fingerprint density at radius 2 is 1.76 bits per heavy atom. The average Bonchev–Trinajstić information content (AvgIpc) is 3.06. The van der Waals surface area contributed by atoms with Gasteiger partial charge in [0.05, 0.1) is 5.69 Å². The zero-order valence-electron chi connectivity index (χ0n) is 19.1. The molecule has 0 saturated heterocycles. The van der Waals surface area contributed by atoms with Crippen molar-refractivity contribution in [2.24, 2.45) is 5.92 Å². The summed E-state index contributed by atoms with van der Waals surface area (Å²) in [6.45, 7) is 4.34. The van der Waals surface area contributed by atoms with Gasteiger partial charge in [-0.3, -0.25) is 9.59 Å². The van der Waals surface area contributed by atoms with E-state index < -0.39 is 29.5 Å². The normalized spacial score (nSPS) is 14.3. The highest BCUT2D eigenvalue weighted by atomic mass is 19.1. The third kappa shape index (κ3) is 5.13. The lowest BCUT2D eigenvalue weighted by Crippen LogP contribution is -2.47. The van der Waals surface area contributed by atoms with Crippen molar-refractivity contribution >= 4 is 17.5 Å². The topological polar surface area (TPSA) is 88.9 Å². The molecule has 3 aromatic rings. The van der Waals surface area contributed by atoms with Crippen LogP contribution in [0.2, 0.25) is 0 Å². The maximum absolute atomic E-state index is 14.6. The summed E-state index contributed by atoms with van der Waals surface area (Å²) in [5, 5.41) is 13.8. The van der Waals surface area contributed by atoms with Gasteiger partial charge in [0.1, 0.15) is 23.5 Å². The lowest BCUT2D eigenvalue weighted by atomic mass is 10.0. The number of nitrogens with zero attached hydrogens (tertiary/aromatic N) is 3. The molecule has 2 aromatic carbocycles. The molecule has 7 nitrogen and oxygen atoms in total. The number of anilines is 1. The molecule has 0 bridgehead atoms. The van der Waals surface area contributed by atoms with E-state index in [1.165, 1.54) is 36.4 Å². The molecule has 2 N–H and O–H groups in total. The van der Waals surface area contributed by atoms with Gasteiger partial charge >= 0.3 is 0 Å². The van der Waals surface area contributed by atoms with Gasteiger partial charge in [0.25, 0.3) is 5.91 Å². The molecular weight excluding hydrogens is 440 g/mol. The lowest BCUT2D eigenvalue weighted by molar-refractivity contribution is -0.118. The third-order valence-electron chi connectivity index (χ3n) is 5.93. The standard InChI is InChI=1S/C25H27F2N5O2/c1-15(2)22(29-24(33)16-7-10-18(26)11-8-16)25(34)28-20-14-17(9-12-19(20)27)23-31-30-21-6-4-3-5-13-32(21)23/h7-12,14-15,22H,3-6,13H2,1-2H3,(H,28,34)(H,29,33). The number of rotatable bonds is 6. The van der Waals surface area contributed by atoms with Gasteiger partial charge in [0, 0.05) is 24.1 Å². The molecule has 0 spiro atoms. The maximum atomic E-state index is 14.6. The minimum atomic E-state index is -0.926. The molecule has 1 aromatic heterocycles. The molecule has 4 rings (SSSR count). The molecule has 1 unspecified atom stereocenters. The van der Waals surface area contributed by atoms with E-state index in [9.17, 15) is 18.4 Å². The minimum absolute atomic E-state index is 0.00449. The number of hydrogen-bond donors (Lipinski definition) is 2. The number of aryl methyl sites for hydroxylation is 1. The predicted octanol–water partition coefficient (Wildman–Crippen LogP) is 4.34. The molecule has 1 aliphatic rings. The molecule has 0 fully saturated rings. The van der Waals surface area contributed by atoms with Crippen LogP contribution < -0.4 is 10.6 Å². The molecule has 1 aliphatic heterocycles. The highest BCUT2D eigenvalue weighted by molar-refractivity contribution is 6.01. The van der Waals surface area contributed by atoms with Crippen LogP contribution in [0.25, 0.3) is 11.4 Å². The first kappa shape index (κ1) is 23.5. The largest absolute Gasteiger partial charge is 0.340 e. The molecule has 0 saturated carbocycles. The molecule has 9 heteroatoms. The molecule has 2 heterocycles. The zero-order valence-corrected chi connectivity index (χ0v) is 19.1. The van der Waals surface area contributed by atoms with Crippen LogP contribution in [0.4, 0.5) is 14.5 Å². The van der Waals surface area contributed by atoms with Gasteiger partial charge in [-0.25, -0.2) is 8.78 Å². The fourth-order valence-electron chi connectivity index (χ4n) is 4.03. The second-order valence-corrected chi connectivity index (χ2v) is 8.79. The van der Waals surface area contributed by atoms with Crippen molar-refractivity contribution in [1.82, 2.24) is 20.1 Å². The van der Waals surface area contributed by atoms with Crippen molar-refractivity contribution in [3.8, 4) is 11.4 Å². The third-order valence-corrected chi connectivity index (χ3v) is 5.93. The van der Waals surface area contributed by atoms with Crippen molar-refractivity contribution in [2.75, 3.05) is 5.32 Å². The lowest BCUT2D eigenvalue weighted by Gasteiger charge is -2.22. The summed E-state index contributed by atoms with van der Waals surface area (Å²) in [5.74, 6) is -0.864. The number of fused-ring (bicyclic) bond motifs is 1. The second kappa shape index (κ2) is 10.1. The Balaban J connectivity index is 1.54. The summed E-state index contributed by atoms with van der Waals surface area (Å²) in [7, 11) is 0. The number of carbonyl (C=O) groups excluding carboxylic acids is 2. The molecule has 1 atom stereocenters. The van der Waals surface area contributed by atoms with Crippen LogP contribution >= 0.6 is 0 Å². The molecule has 0 radical (unpaired) electrons. The summed E-state index contributed by atoms with van der Waals surface area (Å²) in [6.07, 6.45) is 4.05. The molecule has 34 heavy (non-hydrogen) atoms. The van der Waals surface area contributed by atoms with Crippen LogP contribution in [-0.2, 0) is 17.8 Å². The number of aromatic nitrogens is 3. The highest BCUT2D eigenvalue weighted by Crippen LogP contribution is 2.27. The van der Waals surface area contributed by atoms with Gasteiger partial charge < -0.3 is 15.2 Å². The van der Waals surface area contributed by atoms with Crippen LogP contribution in [0.15, 0.2) is 42.5 Å². The van der Waals surface area contributed by atoms with Gasteiger partial charge in [0.15, 0.2) is 5.82 Å². The van der Waals surface area contributed by atoms with Crippen LogP contribution in [0, 0.1) is 17.6 Å². The number of nitrogens with one attached hydrogen (secondary N) is 2. The SMILES string of the molecule is CC(C)C(NC(=O)c1ccc(F)cc1)C(=O)Nc1cc(-c2nnc3n2CCCCC3)ccc1F. The van der Waals surface area contributed by atoms with Crippen LogP contribution in [-0.4, -0.2) is 32.6 Å². The number of benzene rings is 2. The monoisotopic (exact) mass is 467 g/mol. The number of carbonyl (C=O) groups is 2. The number of amides is 2. The van der Waals surface area contributed by atoms with Crippen molar-refractivity contribution in [2.45, 2.75) is 52.1 Å². The van der Waals surface area contributed by atoms with Gasteiger partial charge in [-0.2, -0.15) is 0 Å². The molecule has 0 aliphatic carbocycles. The van der Waals surface area contributed by atoms with Gasteiger partial charge in [-0.05, 0) is 61.2 Å². The average molecular weight is 468 g/mol. The first-order valence-electron chi connectivity index (χ1n) is 11.4. The van der Waals surface area contributed by atoms with Crippen molar-refractivity contribution in [3.05, 3.63) is 65.5 Å². The quantitative estimate of drug-likeness (QED) is 0.564. The smallest absolute Gasteiger partial charge is 0.251 e. The summed E-state index contributed by atoms with van der Waals surface area (Å²) >= 11 is 0. The summed E-state index contributed by atoms with van der Waals surface area (Å²) < 4.78 is 29.8. The highest BCUT2D eigenvalue weighted by Gasteiger charge is 2.26. The number of halogens is 2. The first-order valence-corrected chi connectivity index (χ1v) is 11.4. The summed E-state index contributed by atoms with van der Waals surface area (Å²) in [4.78, 5) is 25.6. The maximum Gasteiger partial charge on any atom is 0.251 e. The van der Waals surface area contributed by atoms with Gasteiger partial charge in [0.2, 0.25) is 5.91 Å². The van der Waals surface area contributed by atoms with E-state index in [1.54, 1.807) is 19.9 Å². The second-order valence-electron chi connectivity index (χ2n) is 8.79. The molecular formula is C25H27F2N5O2. The van der Waals surface area contributed by atoms with Crippen LogP contribution in [0.1, 0.15) is 49.3 Å². The molecule has 178 valence electrons. The Labute approximate surface area is 196 Å². The van der Waals surface area contributed by atoms with E-state index in [4.69, 9.17) is 0 Å². The Morgan fingerprint density at radius 3 is 2.50 bits per heavy atom. The fourth-order valence-corrected chi connectivity index (χ4v) is 4.03. The van der Waals surface area contributed by atoms with Gasteiger partial charge in [-0.15, -0.1) is 10.2 Å². The van der Waals surface area contributed by atoms with Gasteiger partial charge in [-0.1, -0.05) is 20.3 Å². The van der Waals surface area contributed by atoms with E-state index >= 15 is 0 Å². The van der Waals surface area contributed by atoms with Crippen molar-refractivity contribution < 1.29 is 18.4 Å².